The van der Waals surface area contributed by atoms with Crippen LogP contribution in [-0.2, 0) is 6.54 Å². The number of pyridine rings is 1. The molecule has 0 aliphatic heterocycles. The molecule has 66 valence electrons. The highest BCUT2D eigenvalue weighted by molar-refractivity contribution is 5.85. The number of hydrogen-bond donors (Lipinski definition) is 1. The summed E-state index contributed by atoms with van der Waals surface area (Å²) in [5.41, 5.74) is 6.69. The molecule has 2 N–H and O–H groups in total. The number of aromatic nitrogens is 1. The summed E-state index contributed by atoms with van der Waals surface area (Å²) in [6, 6.07) is 5.41. The van der Waals surface area contributed by atoms with E-state index >= 15 is 0 Å². The first-order valence-corrected chi connectivity index (χ1v) is 2.92. The molecule has 1 aromatic rings. The second-order valence-electron chi connectivity index (χ2n) is 1.87. The Labute approximate surface area is 83.4 Å². The number of halogens is 2. The van der Waals surface area contributed by atoms with Gasteiger partial charge in [0, 0.05) is 12.7 Å². The van der Waals surface area contributed by atoms with Crippen molar-refractivity contribution in [3.8, 4) is 6.07 Å². The second-order valence-corrected chi connectivity index (χ2v) is 1.87. The summed E-state index contributed by atoms with van der Waals surface area (Å²) in [5, 5.41) is 8.40. The molecule has 0 radical (unpaired) electrons. The Morgan fingerprint density at radius 2 is 2.17 bits per heavy atom. The van der Waals surface area contributed by atoms with E-state index in [9.17, 15) is 0 Å². The maximum Gasteiger partial charge on any atom is 0.140 e. The lowest BCUT2D eigenvalue weighted by Crippen LogP contribution is -1.96. The number of nitriles is 1. The van der Waals surface area contributed by atoms with Gasteiger partial charge in [-0.2, -0.15) is 5.26 Å². The molecule has 0 saturated carbocycles. The minimum atomic E-state index is 0. The molecular formula is C7H9Cl2N3. The van der Waals surface area contributed by atoms with Crippen LogP contribution in [-0.4, -0.2) is 4.98 Å². The molecule has 0 saturated heterocycles. The molecular weight excluding hydrogens is 197 g/mol. The molecule has 0 unspecified atom stereocenters. The lowest BCUT2D eigenvalue weighted by molar-refractivity contribution is 1.05. The van der Waals surface area contributed by atoms with Gasteiger partial charge in [0.05, 0.1) is 0 Å². The predicted molar refractivity (Wildman–Crippen MR) is 51.3 cm³/mol. The zero-order valence-electron chi connectivity index (χ0n) is 6.23. The molecule has 0 atom stereocenters. The lowest BCUT2D eigenvalue weighted by Gasteiger charge is -1.93. The van der Waals surface area contributed by atoms with E-state index in [-0.39, 0.29) is 24.8 Å². The highest BCUT2D eigenvalue weighted by Gasteiger charge is 1.91. The van der Waals surface area contributed by atoms with E-state index in [1.165, 1.54) is 0 Å². The fourth-order valence-corrected chi connectivity index (χ4v) is 0.662. The Kier molecular flexibility index (Phi) is 7.86. The number of hydrogen-bond acceptors (Lipinski definition) is 3. The molecule has 12 heavy (non-hydrogen) atoms. The average molecular weight is 206 g/mol. The van der Waals surface area contributed by atoms with Crippen LogP contribution in [0.4, 0.5) is 0 Å². The first-order chi connectivity index (χ1) is 4.86. The standard InChI is InChI=1S/C7H7N3.2ClH/c8-4-6-1-2-10-7(3-6)5-9;;/h1-3H,4,8H2;2*1H. The Hall–Kier alpha value is -0.820. The van der Waals surface area contributed by atoms with Crippen molar-refractivity contribution in [2.24, 2.45) is 5.73 Å². The van der Waals surface area contributed by atoms with Gasteiger partial charge in [-0.15, -0.1) is 24.8 Å². The van der Waals surface area contributed by atoms with Crippen LogP contribution >= 0.6 is 24.8 Å². The summed E-state index contributed by atoms with van der Waals surface area (Å²) >= 11 is 0. The Balaban J connectivity index is 0. The van der Waals surface area contributed by atoms with Crippen molar-refractivity contribution in [3.05, 3.63) is 29.6 Å². The van der Waals surface area contributed by atoms with Gasteiger partial charge >= 0.3 is 0 Å². The first-order valence-electron chi connectivity index (χ1n) is 2.92. The van der Waals surface area contributed by atoms with E-state index < -0.39 is 0 Å². The van der Waals surface area contributed by atoms with Crippen LogP contribution in [0.3, 0.4) is 0 Å². The van der Waals surface area contributed by atoms with Crippen molar-refractivity contribution in [1.29, 1.82) is 5.26 Å². The van der Waals surface area contributed by atoms with E-state index in [1.807, 2.05) is 6.07 Å². The van der Waals surface area contributed by atoms with Gasteiger partial charge in [0.15, 0.2) is 0 Å². The van der Waals surface area contributed by atoms with E-state index in [0.29, 0.717) is 12.2 Å². The van der Waals surface area contributed by atoms with Gasteiger partial charge in [-0.1, -0.05) is 0 Å². The van der Waals surface area contributed by atoms with Gasteiger partial charge in [-0.3, -0.25) is 0 Å². The van der Waals surface area contributed by atoms with E-state index in [1.54, 1.807) is 18.3 Å². The topological polar surface area (TPSA) is 62.7 Å². The Bertz CT molecular complexity index is 270. The summed E-state index contributed by atoms with van der Waals surface area (Å²) in [7, 11) is 0. The summed E-state index contributed by atoms with van der Waals surface area (Å²) in [5.74, 6) is 0. The van der Waals surface area contributed by atoms with Gasteiger partial charge in [-0.25, -0.2) is 4.98 Å². The van der Waals surface area contributed by atoms with Crippen molar-refractivity contribution >= 4 is 24.8 Å². The molecule has 1 aromatic heterocycles. The predicted octanol–water partition coefficient (Wildman–Crippen LogP) is 1.26. The fraction of sp³-hybridized carbons (Fsp3) is 0.143. The van der Waals surface area contributed by atoms with Crippen molar-refractivity contribution in [3.63, 3.8) is 0 Å². The van der Waals surface area contributed by atoms with Gasteiger partial charge in [0.1, 0.15) is 11.8 Å². The highest BCUT2D eigenvalue weighted by atomic mass is 35.5. The average Bonchev–Trinajstić information content (AvgIpc) is 2.05. The van der Waals surface area contributed by atoms with Gasteiger partial charge < -0.3 is 5.73 Å². The molecule has 1 rings (SSSR count). The molecule has 0 spiro atoms. The molecule has 5 heteroatoms. The smallest absolute Gasteiger partial charge is 0.140 e. The second kappa shape index (κ2) is 6.86. The molecule has 1 heterocycles. The van der Waals surface area contributed by atoms with Gasteiger partial charge in [0.2, 0.25) is 0 Å². The van der Waals surface area contributed by atoms with Crippen molar-refractivity contribution < 1.29 is 0 Å². The maximum atomic E-state index is 8.40. The van der Waals surface area contributed by atoms with Gasteiger partial charge in [-0.05, 0) is 17.7 Å². The number of nitrogens with zero attached hydrogens (tertiary/aromatic N) is 2. The van der Waals surface area contributed by atoms with Crippen LogP contribution in [0, 0.1) is 11.3 Å². The highest BCUT2D eigenvalue weighted by Crippen LogP contribution is 1.98. The molecule has 0 aliphatic carbocycles. The Morgan fingerprint density at radius 3 is 2.67 bits per heavy atom. The number of rotatable bonds is 1. The monoisotopic (exact) mass is 205 g/mol. The third-order valence-corrected chi connectivity index (χ3v) is 1.17. The molecule has 0 aromatic carbocycles. The van der Waals surface area contributed by atoms with Gasteiger partial charge in [0.25, 0.3) is 0 Å². The minimum Gasteiger partial charge on any atom is -0.326 e. The summed E-state index contributed by atoms with van der Waals surface area (Å²) in [4.78, 5) is 3.79. The molecule has 0 fully saturated rings. The van der Waals surface area contributed by atoms with Crippen molar-refractivity contribution in [2.45, 2.75) is 6.54 Å². The minimum absolute atomic E-state index is 0. The molecule has 0 bridgehead atoms. The third-order valence-electron chi connectivity index (χ3n) is 1.17. The number of nitrogens with two attached hydrogens (primary N) is 1. The van der Waals surface area contributed by atoms with E-state index in [0.717, 1.165) is 5.56 Å². The molecule has 0 aliphatic rings. The zero-order chi connectivity index (χ0) is 7.40. The van der Waals surface area contributed by atoms with Crippen LogP contribution in [0.5, 0.6) is 0 Å². The van der Waals surface area contributed by atoms with Crippen LogP contribution in [0.15, 0.2) is 18.3 Å². The van der Waals surface area contributed by atoms with Crippen molar-refractivity contribution in [1.82, 2.24) is 4.98 Å². The normalized spacial score (nSPS) is 7.33. The van der Waals surface area contributed by atoms with Crippen molar-refractivity contribution in [2.75, 3.05) is 0 Å². The molecule has 3 nitrogen and oxygen atoms in total. The maximum absolute atomic E-state index is 8.40. The zero-order valence-corrected chi connectivity index (χ0v) is 7.86. The SMILES string of the molecule is Cl.Cl.N#Cc1cc(CN)ccn1. The van der Waals surface area contributed by atoms with Crippen LogP contribution in [0.25, 0.3) is 0 Å². The fourth-order valence-electron chi connectivity index (χ4n) is 0.662. The van der Waals surface area contributed by atoms with Crippen LogP contribution < -0.4 is 5.73 Å². The van der Waals surface area contributed by atoms with E-state index in [2.05, 4.69) is 4.98 Å². The Morgan fingerprint density at radius 1 is 1.50 bits per heavy atom. The quantitative estimate of drug-likeness (QED) is 0.752. The lowest BCUT2D eigenvalue weighted by atomic mass is 10.2. The summed E-state index contributed by atoms with van der Waals surface area (Å²) < 4.78 is 0. The van der Waals surface area contributed by atoms with Crippen LogP contribution in [0.2, 0.25) is 0 Å². The first kappa shape index (κ1) is 13.7. The van der Waals surface area contributed by atoms with Crippen LogP contribution in [0.1, 0.15) is 11.3 Å². The molecule has 0 amide bonds. The van der Waals surface area contributed by atoms with E-state index in [4.69, 9.17) is 11.0 Å². The summed E-state index contributed by atoms with van der Waals surface area (Å²) in [6.07, 6.45) is 1.58. The summed E-state index contributed by atoms with van der Waals surface area (Å²) in [6.45, 7) is 0.456. The largest absolute Gasteiger partial charge is 0.326 e. The third kappa shape index (κ3) is 3.54.